The lowest BCUT2D eigenvalue weighted by Crippen LogP contribution is -2.36. The van der Waals surface area contributed by atoms with Crippen molar-refractivity contribution in [1.29, 1.82) is 0 Å². The number of aliphatic hydroxyl groups excluding tert-OH is 1. The summed E-state index contributed by atoms with van der Waals surface area (Å²) in [6.07, 6.45) is 0.248. The Morgan fingerprint density at radius 2 is 2.04 bits per heavy atom. The Hall–Kier alpha value is -2.50. The van der Waals surface area contributed by atoms with Gasteiger partial charge in [-0.1, -0.05) is 37.8 Å². The first-order valence-corrected chi connectivity index (χ1v) is 7.44. The molecule has 118 valence electrons. The van der Waals surface area contributed by atoms with E-state index in [0.717, 1.165) is 5.39 Å². The summed E-state index contributed by atoms with van der Waals surface area (Å²) in [4.78, 5) is 24.4. The Morgan fingerprint density at radius 1 is 1.26 bits per heavy atom. The maximum absolute atomic E-state index is 12.4. The molecular formula is C18H17NO4. The third-order valence-electron chi connectivity index (χ3n) is 4.00. The number of benzene rings is 2. The molecule has 2 aromatic carbocycles. The van der Waals surface area contributed by atoms with E-state index < -0.39 is 24.2 Å². The normalized spacial score (nSPS) is 16.1. The molecule has 2 N–H and O–H groups in total. The second kappa shape index (κ2) is 5.95. The molecule has 23 heavy (non-hydrogen) atoms. The van der Waals surface area contributed by atoms with Crippen LogP contribution in [-0.2, 0) is 4.74 Å². The van der Waals surface area contributed by atoms with Gasteiger partial charge in [0.1, 0.15) is 0 Å². The van der Waals surface area contributed by atoms with Gasteiger partial charge >= 0.3 is 0 Å². The number of rotatable bonds is 5. The van der Waals surface area contributed by atoms with Crippen LogP contribution in [0.4, 0.5) is 0 Å². The summed E-state index contributed by atoms with van der Waals surface area (Å²) < 4.78 is 5.54. The highest BCUT2D eigenvalue weighted by molar-refractivity contribution is 6.26. The Balaban J connectivity index is 2.23. The fraction of sp³-hybridized carbons (Fsp3) is 0.222. The summed E-state index contributed by atoms with van der Waals surface area (Å²) in [6.45, 7) is 5.38. The summed E-state index contributed by atoms with van der Waals surface area (Å²) in [6, 6.07) is 9.00. The Bertz CT molecular complexity index is 812. The first-order valence-electron chi connectivity index (χ1n) is 7.44. The van der Waals surface area contributed by atoms with Crippen molar-refractivity contribution in [2.75, 3.05) is 0 Å². The van der Waals surface area contributed by atoms with E-state index in [-0.39, 0.29) is 0 Å². The molecule has 0 bridgehead atoms. The molecule has 2 atom stereocenters. The van der Waals surface area contributed by atoms with Crippen LogP contribution in [0.1, 0.15) is 45.7 Å². The molecule has 0 saturated heterocycles. The van der Waals surface area contributed by atoms with Crippen LogP contribution in [0.3, 0.4) is 0 Å². The van der Waals surface area contributed by atoms with Gasteiger partial charge in [-0.3, -0.25) is 14.9 Å². The molecule has 3 rings (SSSR count). The highest BCUT2D eigenvalue weighted by Crippen LogP contribution is 2.34. The predicted octanol–water partition coefficient (Wildman–Crippen LogP) is 2.70. The number of carbonyl (C=O) groups excluding carboxylic acids is 2. The fourth-order valence-electron chi connectivity index (χ4n) is 2.94. The van der Waals surface area contributed by atoms with E-state index in [1.54, 1.807) is 18.2 Å². The molecule has 2 aromatic rings. The lowest BCUT2D eigenvalue weighted by Gasteiger charge is -2.25. The minimum atomic E-state index is -1.12. The van der Waals surface area contributed by atoms with Crippen LogP contribution in [-0.4, -0.2) is 23.2 Å². The first-order chi connectivity index (χ1) is 11.1. The molecule has 1 heterocycles. The standard InChI is InChI=1S/C18H17NO4/c1-3-13(23-14(20)4-2)11-9-8-10-6-5-7-12-15(10)16(11)18(22)19-17(12)21/h4-9,13-14,20H,2-3H2,1H3,(H,19,21,22). The van der Waals surface area contributed by atoms with Crippen LogP contribution in [0.25, 0.3) is 10.8 Å². The second-order valence-corrected chi connectivity index (χ2v) is 5.38. The van der Waals surface area contributed by atoms with E-state index in [1.165, 1.54) is 6.08 Å². The van der Waals surface area contributed by atoms with Crippen LogP contribution in [0, 0.1) is 0 Å². The summed E-state index contributed by atoms with van der Waals surface area (Å²) in [5, 5.41) is 13.5. The molecule has 0 aliphatic carbocycles. The number of hydrogen-bond donors (Lipinski definition) is 2. The van der Waals surface area contributed by atoms with Crippen molar-refractivity contribution in [3.8, 4) is 0 Å². The molecule has 1 aliphatic rings. The monoisotopic (exact) mass is 311 g/mol. The van der Waals surface area contributed by atoms with Crippen molar-refractivity contribution in [2.24, 2.45) is 0 Å². The summed E-state index contributed by atoms with van der Waals surface area (Å²) in [7, 11) is 0. The number of aliphatic hydroxyl groups is 1. The van der Waals surface area contributed by atoms with Crippen LogP contribution < -0.4 is 5.32 Å². The van der Waals surface area contributed by atoms with Gasteiger partial charge in [0.2, 0.25) is 0 Å². The van der Waals surface area contributed by atoms with E-state index in [1.807, 2.05) is 19.1 Å². The number of ether oxygens (including phenoxy) is 1. The molecule has 2 amide bonds. The van der Waals surface area contributed by atoms with Crippen molar-refractivity contribution in [3.05, 3.63) is 59.7 Å². The van der Waals surface area contributed by atoms with E-state index in [2.05, 4.69) is 11.9 Å². The van der Waals surface area contributed by atoms with Gasteiger partial charge in [0.15, 0.2) is 6.29 Å². The van der Waals surface area contributed by atoms with Gasteiger partial charge in [0.05, 0.1) is 11.7 Å². The zero-order valence-electron chi connectivity index (χ0n) is 12.7. The maximum Gasteiger partial charge on any atom is 0.259 e. The number of imide groups is 1. The van der Waals surface area contributed by atoms with Crippen molar-refractivity contribution < 1.29 is 19.4 Å². The molecule has 5 heteroatoms. The highest BCUT2D eigenvalue weighted by Gasteiger charge is 2.30. The average molecular weight is 311 g/mol. The smallest absolute Gasteiger partial charge is 0.259 e. The first kappa shape index (κ1) is 15.4. The van der Waals surface area contributed by atoms with Gasteiger partial charge in [-0.2, -0.15) is 0 Å². The quantitative estimate of drug-likeness (QED) is 0.506. The molecule has 0 fully saturated rings. The molecule has 1 aliphatic heterocycles. The maximum atomic E-state index is 12.4. The minimum absolute atomic E-state index is 0.398. The lowest BCUT2D eigenvalue weighted by molar-refractivity contribution is -0.108. The lowest BCUT2D eigenvalue weighted by atomic mass is 9.89. The Kier molecular flexibility index (Phi) is 3.98. The molecular weight excluding hydrogens is 294 g/mol. The van der Waals surface area contributed by atoms with Crippen LogP contribution >= 0.6 is 0 Å². The summed E-state index contributed by atoms with van der Waals surface area (Å²) >= 11 is 0. The number of amides is 2. The van der Waals surface area contributed by atoms with Crippen LogP contribution in [0.15, 0.2) is 43.0 Å². The van der Waals surface area contributed by atoms with Gasteiger partial charge in [-0.15, -0.1) is 0 Å². The van der Waals surface area contributed by atoms with Gasteiger partial charge in [-0.05, 0) is 29.5 Å². The number of nitrogens with one attached hydrogen (secondary N) is 1. The largest absolute Gasteiger partial charge is 0.365 e. The number of carbonyl (C=O) groups is 2. The Morgan fingerprint density at radius 3 is 2.74 bits per heavy atom. The highest BCUT2D eigenvalue weighted by atomic mass is 16.6. The minimum Gasteiger partial charge on any atom is -0.365 e. The third kappa shape index (κ3) is 2.54. The molecule has 0 spiro atoms. The predicted molar refractivity (Wildman–Crippen MR) is 86.1 cm³/mol. The zero-order valence-corrected chi connectivity index (χ0v) is 12.7. The molecule has 0 saturated carbocycles. The van der Waals surface area contributed by atoms with Crippen molar-refractivity contribution in [3.63, 3.8) is 0 Å². The van der Waals surface area contributed by atoms with Crippen molar-refractivity contribution in [1.82, 2.24) is 5.32 Å². The van der Waals surface area contributed by atoms with E-state index >= 15 is 0 Å². The van der Waals surface area contributed by atoms with Crippen molar-refractivity contribution >= 4 is 22.6 Å². The van der Waals surface area contributed by atoms with Gasteiger partial charge in [0.25, 0.3) is 11.8 Å². The Labute approximate surface area is 133 Å². The van der Waals surface area contributed by atoms with E-state index in [9.17, 15) is 14.7 Å². The van der Waals surface area contributed by atoms with Gasteiger partial charge in [-0.25, -0.2) is 0 Å². The summed E-state index contributed by atoms with van der Waals surface area (Å²) in [5.74, 6) is -0.838. The second-order valence-electron chi connectivity index (χ2n) is 5.38. The van der Waals surface area contributed by atoms with Gasteiger partial charge < -0.3 is 9.84 Å². The number of hydrogen-bond acceptors (Lipinski definition) is 4. The van der Waals surface area contributed by atoms with E-state index in [0.29, 0.717) is 28.5 Å². The fourth-order valence-corrected chi connectivity index (χ4v) is 2.94. The van der Waals surface area contributed by atoms with E-state index in [4.69, 9.17) is 4.74 Å². The van der Waals surface area contributed by atoms with Crippen LogP contribution in [0.5, 0.6) is 0 Å². The molecule has 2 unspecified atom stereocenters. The van der Waals surface area contributed by atoms with Crippen molar-refractivity contribution in [2.45, 2.75) is 25.7 Å². The zero-order chi connectivity index (χ0) is 16.6. The molecule has 5 nitrogen and oxygen atoms in total. The SMILES string of the molecule is C=CC(O)OC(CC)c1ccc2cccc3c2c1C(=O)NC3=O. The molecule has 0 aromatic heterocycles. The average Bonchev–Trinajstić information content (AvgIpc) is 2.56. The molecule has 0 radical (unpaired) electrons. The topological polar surface area (TPSA) is 75.6 Å². The van der Waals surface area contributed by atoms with Gasteiger partial charge in [0, 0.05) is 10.9 Å². The third-order valence-corrected chi connectivity index (χ3v) is 4.00. The summed E-state index contributed by atoms with van der Waals surface area (Å²) in [5.41, 5.74) is 1.55. The van der Waals surface area contributed by atoms with Crippen LogP contribution in [0.2, 0.25) is 0 Å².